The summed E-state index contributed by atoms with van der Waals surface area (Å²) in [5, 5.41) is 12.4. The standard InChI is InChI=1S/C17H20N4O2/c1-12-18-15(20-14-5-3-2-4-6-14)11-16(19-12)21-9-7-13(8-10-21)17(22)23/h2-6,11,13H,7-10H2,1H3,(H,22,23)(H,18,19,20). The third kappa shape index (κ3) is 3.77. The molecule has 2 aromatic rings. The monoisotopic (exact) mass is 312 g/mol. The van der Waals surface area contributed by atoms with E-state index in [2.05, 4.69) is 20.2 Å². The first-order chi connectivity index (χ1) is 11.1. The highest BCUT2D eigenvalue weighted by Gasteiger charge is 2.25. The van der Waals surface area contributed by atoms with Gasteiger partial charge >= 0.3 is 5.97 Å². The summed E-state index contributed by atoms with van der Waals surface area (Å²) in [7, 11) is 0. The predicted molar refractivity (Wildman–Crippen MR) is 89.1 cm³/mol. The number of benzene rings is 1. The number of rotatable bonds is 4. The third-order valence-corrected chi connectivity index (χ3v) is 4.04. The van der Waals surface area contributed by atoms with Crippen molar-refractivity contribution in [1.82, 2.24) is 9.97 Å². The second-order valence-corrected chi connectivity index (χ2v) is 5.75. The van der Waals surface area contributed by atoms with Crippen LogP contribution in [0.5, 0.6) is 0 Å². The highest BCUT2D eigenvalue weighted by molar-refractivity contribution is 5.70. The number of anilines is 3. The molecule has 23 heavy (non-hydrogen) atoms. The smallest absolute Gasteiger partial charge is 0.306 e. The Labute approximate surface area is 135 Å². The number of aromatic nitrogens is 2. The molecule has 0 radical (unpaired) electrons. The van der Waals surface area contributed by atoms with Gasteiger partial charge in [-0.15, -0.1) is 0 Å². The SMILES string of the molecule is Cc1nc(Nc2ccccc2)cc(N2CCC(C(=O)O)CC2)n1. The highest BCUT2D eigenvalue weighted by atomic mass is 16.4. The Morgan fingerprint density at radius 3 is 2.57 bits per heavy atom. The molecule has 0 amide bonds. The van der Waals surface area contributed by atoms with Gasteiger partial charge in [0.05, 0.1) is 5.92 Å². The summed E-state index contributed by atoms with van der Waals surface area (Å²) < 4.78 is 0. The number of nitrogens with one attached hydrogen (secondary N) is 1. The van der Waals surface area contributed by atoms with E-state index >= 15 is 0 Å². The molecular formula is C17H20N4O2. The largest absolute Gasteiger partial charge is 0.481 e. The topological polar surface area (TPSA) is 78.4 Å². The van der Waals surface area contributed by atoms with Gasteiger partial charge in [-0.3, -0.25) is 4.79 Å². The zero-order chi connectivity index (χ0) is 16.2. The van der Waals surface area contributed by atoms with Crippen LogP contribution >= 0.6 is 0 Å². The Hall–Kier alpha value is -2.63. The van der Waals surface area contributed by atoms with Crippen LogP contribution in [0.25, 0.3) is 0 Å². The zero-order valence-corrected chi connectivity index (χ0v) is 13.1. The molecule has 0 bridgehead atoms. The van der Waals surface area contributed by atoms with Crippen LogP contribution in [0.2, 0.25) is 0 Å². The minimum atomic E-state index is -0.699. The predicted octanol–water partition coefficient (Wildman–Crippen LogP) is 2.83. The molecule has 3 rings (SSSR count). The van der Waals surface area contributed by atoms with Crippen LogP contribution in [0.1, 0.15) is 18.7 Å². The highest BCUT2D eigenvalue weighted by Crippen LogP contribution is 2.24. The minimum Gasteiger partial charge on any atom is -0.481 e. The maximum atomic E-state index is 11.1. The van der Waals surface area contributed by atoms with Crippen LogP contribution < -0.4 is 10.2 Å². The number of aryl methyl sites for hydroxylation is 1. The summed E-state index contributed by atoms with van der Waals surface area (Å²) in [4.78, 5) is 22.1. The van der Waals surface area contributed by atoms with Crippen molar-refractivity contribution in [1.29, 1.82) is 0 Å². The van der Waals surface area contributed by atoms with E-state index in [4.69, 9.17) is 5.11 Å². The molecule has 0 unspecified atom stereocenters. The van der Waals surface area contributed by atoms with E-state index in [1.165, 1.54) is 0 Å². The Kier molecular flexibility index (Phi) is 4.41. The number of carbonyl (C=O) groups is 1. The van der Waals surface area contributed by atoms with Crippen molar-refractivity contribution in [3.63, 3.8) is 0 Å². The van der Waals surface area contributed by atoms with Crippen LogP contribution in [0.15, 0.2) is 36.4 Å². The maximum absolute atomic E-state index is 11.1. The molecule has 2 heterocycles. The number of carboxylic acid groups (broad SMARTS) is 1. The lowest BCUT2D eigenvalue weighted by Crippen LogP contribution is -2.36. The number of piperidine rings is 1. The minimum absolute atomic E-state index is 0.240. The number of carboxylic acids is 1. The van der Waals surface area contributed by atoms with E-state index < -0.39 is 5.97 Å². The van der Waals surface area contributed by atoms with Gasteiger partial charge in [0.2, 0.25) is 0 Å². The van der Waals surface area contributed by atoms with Crippen LogP contribution in [0, 0.1) is 12.8 Å². The molecule has 2 N–H and O–H groups in total. The van der Waals surface area contributed by atoms with E-state index in [0.29, 0.717) is 31.8 Å². The molecule has 0 saturated carbocycles. The lowest BCUT2D eigenvalue weighted by molar-refractivity contribution is -0.142. The van der Waals surface area contributed by atoms with Gasteiger partial charge in [-0.2, -0.15) is 0 Å². The lowest BCUT2D eigenvalue weighted by atomic mass is 9.97. The number of hydrogen-bond acceptors (Lipinski definition) is 5. The molecule has 0 atom stereocenters. The lowest BCUT2D eigenvalue weighted by Gasteiger charge is -2.31. The van der Waals surface area contributed by atoms with Gasteiger partial charge in [0.1, 0.15) is 17.5 Å². The van der Waals surface area contributed by atoms with Crippen molar-refractivity contribution in [2.24, 2.45) is 5.92 Å². The van der Waals surface area contributed by atoms with Gasteiger partial charge in [-0.1, -0.05) is 18.2 Å². The first-order valence-electron chi connectivity index (χ1n) is 7.77. The summed E-state index contributed by atoms with van der Waals surface area (Å²) in [5.41, 5.74) is 0.973. The first kappa shape index (κ1) is 15.3. The fourth-order valence-electron chi connectivity index (χ4n) is 2.80. The number of aliphatic carboxylic acids is 1. The first-order valence-corrected chi connectivity index (χ1v) is 7.77. The maximum Gasteiger partial charge on any atom is 0.306 e. The molecule has 120 valence electrons. The number of para-hydroxylation sites is 1. The fourth-order valence-corrected chi connectivity index (χ4v) is 2.80. The molecule has 1 saturated heterocycles. The Bertz CT molecular complexity index is 682. The molecule has 1 aromatic carbocycles. The molecule has 1 aliphatic heterocycles. The van der Waals surface area contributed by atoms with Crippen molar-refractivity contribution in [2.75, 3.05) is 23.3 Å². The third-order valence-electron chi connectivity index (χ3n) is 4.04. The van der Waals surface area contributed by atoms with Crippen molar-refractivity contribution >= 4 is 23.3 Å². The summed E-state index contributed by atoms with van der Waals surface area (Å²) in [5.74, 6) is 1.35. The Balaban J connectivity index is 1.75. The molecular weight excluding hydrogens is 292 g/mol. The van der Waals surface area contributed by atoms with E-state index in [1.807, 2.05) is 43.3 Å². The average Bonchev–Trinajstić information content (AvgIpc) is 2.55. The molecule has 1 fully saturated rings. The molecule has 1 aromatic heterocycles. The summed E-state index contributed by atoms with van der Waals surface area (Å²) >= 11 is 0. The van der Waals surface area contributed by atoms with E-state index in [9.17, 15) is 4.79 Å². The van der Waals surface area contributed by atoms with Gasteiger partial charge in [0, 0.05) is 24.8 Å². The second-order valence-electron chi connectivity index (χ2n) is 5.75. The van der Waals surface area contributed by atoms with Crippen LogP contribution in [-0.4, -0.2) is 34.1 Å². The van der Waals surface area contributed by atoms with Crippen LogP contribution in [0.3, 0.4) is 0 Å². The normalized spacial score (nSPS) is 15.4. The molecule has 1 aliphatic rings. The molecule has 6 nitrogen and oxygen atoms in total. The van der Waals surface area contributed by atoms with Crippen molar-refractivity contribution < 1.29 is 9.90 Å². The summed E-state index contributed by atoms with van der Waals surface area (Å²) in [6, 6.07) is 11.8. The van der Waals surface area contributed by atoms with Crippen molar-refractivity contribution in [3.8, 4) is 0 Å². The Morgan fingerprint density at radius 1 is 1.22 bits per heavy atom. The second kappa shape index (κ2) is 6.64. The number of nitrogens with zero attached hydrogens (tertiary/aromatic N) is 3. The van der Waals surface area contributed by atoms with Crippen LogP contribution in [0.4, 0.5) is 17.3 Å². The van der Waals surface area contributed by atoms with Crippen molar-refractivity contribution in [3.05, 3.63) is 42.2 Å². The average molecular weight is 312 g/mol. The zero-order valence-electron chi connectivity index (χ0n) is 13.1. The van der Waals surface area contributed by atoms with E-state index in [-0.39, 0.29) is 5.92 Å². The Morgan fingerprint density at radius 2 is 1.91 bits per heavy atom. The molecule has 0 spiro atoms. The molecule has 6 heteroatoms. The summed E-state index contributed by atoms with van der Waals surface area (Å²) in [6.45, 7) is 3.28. The van der Waals surface area contributed by atoms with Gasteiger partial charge in [-0.05, 0) is 31.9 Å². The van der Waals surface area contributed by atoms with Gasteiger partial charge in [0.15, 0.2) is 0 Å². The van der Waals surface area contributed by atoms with Crippen LogP contribution in [-0.2, 0) is 4.79 Å². The van der Waals surface area contributed by atoms with Crippen molar-refractivity contribution in [2.45, 2.75) is 19.8 Å². The quantitative estimate of drug-likeness (QED) is 0.904. The van der Waals surface area contributed by atoms with Gasteiger partial charge in [0.25, 0.3) is 0 Å². The van der Waals surface area contributed by atoms with E-state index in [1.54, 1.807) is 0 Å². The summed E-state index contributed by atoms with van der Waals surface area (Å²) in [6.07, 6.45) is 1.31. The van der Waals surface area contributed by atoms with Gasteiger partial charge in [-0.25, -0.2) is 9.97 Å². The van der Waals surface area contributed by atoms with Gasteiger partial charge < -0.3 is 15.3 Å². The molecule has 0 aliphatic carbocycles. The van der Waals surface area contributed by atoms with E-state index in [0.717, 1.165) is 17.3 Å². The fraction of sp³-hybridized carbons (Fsp3) is 0.353. The number of hydrogen-bond donors (Lipinski definition) is 2.